The van der Waals surface area contributed by atoms with Gasteiger partial charge >= 0.3 is 11.9 Å². The summed E-state index contributed by atoms with van der Waals surface area (Å²) in [6, 6.07) is 5.67. The van der Waals surface area contributed by atoms with Crippen molar-refractivity contribution in [1.82, 2.24) is 0 Å². The minimum atomic E-state index is -1.56. The molecule has 0 heterocycles. The van der Waals surface area contributed by atoms with Crippen molar-refractivity contribution < 1.29 is 24.0 Å². The molecule has 0 aliphatic rings. The number of nitro benzene ring substituents is 1. The minimum Gasteiger partial charge on any atom is -0.468 e. The SMILES string of the molecule is COC(=O)C(CC#Cc1ccc([N+](=O)[O-])cc1)(CC=C(C)C)C(=O)OC. The molecule has 0 bridgehead atoms. The summed E-state index contributed by atoms with van der Waals surface area (Å²) in [4.78, 5) is 34.8. The molecule has 0 fully saturated rings. The summed E-state index contributed by atoms with van der Waals surface area (Å²) in [5.41, 5.74) is -0.140. The van der Waals surface area contributed by atoms with Crippen LogP contribution in [0.5, 0.6) is 0 Å². The number of hydrogen-bond acceptors (Lipinski definition) is 6. The molecule has 0 amide bonds. The summed E-state index contributed by atoms with van der Waals surface area (Å²) in [5.74, 6) is 4.15. The van der Waals surface area contributed by atoms with E-state index < -0.39 is 22.3 Å². The monoisotopic (exact) mass is 359 g/mol. The van der Waals surface area contributed by atoms with E-state index >= 15 is 0 Å². The highest BCUT2D eigenvalue weighted by Gasteiger charge is 2.47. The van der Waals surface area contributed by atoms with Crippen molar-refractivity contribution in [1.29, 1.82) is 0 Å². The quantitative estimate of drug-likeness (QED) is 0.193. The predicted octanol–water partition coefficient (Wildman–Crippen LogP) is 3.03. The van der Waals surface area contributed by atoms with E-state index in [1.54, 1.807) is 6.08 Å². The second-order valence-corrected chi connectivity index (χ2v) is 5.83. The van der Waals surface area contributed by atoms with Crippen molar-refractivity contribution in [2.24, 2.45) is 5.41 Å². The van der Waals surface area contributed by atoms with Crippen molar-refractivity contribution in [3.63, 3.8) is 0 Å². The predicted molar refractivity (Wildman–Crippen MR) is 95.1 cm³/mol. The normalized spacial score (nSPS) is 10.2. The third kappa shape index (κ3) is 5.18. The smallest absolute Gasteiger partial charge is 0.324 e. The number of non-ortho nitro benzene ring substituents is 1. The lowest BCUT2D eigenvalue weighted by molar-refractivity contribution is -0.384. The number of esters is 2. The number of ether oxygens (including phenoxy) is 2. The van der Waals surface area contributed by atoms with Crippen molar-refractivity contribution in [2.75, 3.05) is 14.2 Å². The number of benzene rings is 1. The Bertz CT molecular complexity index is 747. The molecule has 1 aromatic carbocycles. The molecule has 0 atom stereocenters. The van der Waals surface area contributed by atoms with Gasteiger partial charge < -0.3 is 9.47 Å². The zero-order chi connectivity index (χ0) is 19.7. The molecule has 7 heteroatoms. The van der Waals surface area contributed by atoms with Gasteiger partial charge in [0.25, 0.3) is 5.69 Å². The second-order valence-electron chi connectivity index (χ2n) is 5.83. The zero-order valence-corrected chi connectivity index (χ0v) is 15.2. The molecule has 26 heavy (non-hydrogen) atoms. The Morgan fingerprint density at radius 3 is 2.12 bits per heavy atom. The molecular weight excluding hydrogens is 338 g/mol. The molecule has 0 N–H and O–H groups in total. The molecule has 0 aliphatic carbocycles. The lowest BCUT2D eigenvalue weighted by Crippen LogP contribution is -2.40. The van der Waals surface area contributed by atoms with Crippen LogP contribution in [0, 0.1) is 27.4 Å². The summed E-state index contributed by atoms with van der Waals surface area (Å²) in [6.45, 7) is 3.70. The Morgan fingerprint density at radius 1 is 1.15 bits per heavy atom. The van der Waals surface area contributed by atoms with Crippen molar-refractivity contribution in [3.05, 3.63) is 51.6 Å². The van der Waals surface area contributed by atoms with E-state index in [1.807, 2.05) is 13.8 Å². The number of methoxy groups -OCH3 is 2. The average molecular weight is 359 g/mol. The van der Waals surface area contributed by atoms with Gasteiger partial charge in [0.05, 0.1) is 19.1 Å². The third-order valence-corrected chi connectivity index (χ3v) is 3.71. The summed E-state index contributed by atoms with van der Waals surface area (Å²) in [7, 11) is 2.40. The van der Waals surface area contributed by atoms with Gasteiger partial charge in [-0.05, 0) is 32.4 Å². The Kier molecular flexibility index (Phi) is 7.53. The highest BCUT2D eigenvalue weighted by atomic mass is 16.6. The van der Waals surface area contributed by atoms with Crippen LogP contribution in [-0.2, 0) is 19.1 Å². The Balaban J connectivity index is 3.16. The lowest BCUT2D eigenvalue weighted by atomic mass is 9.80. The molecule has 138 valence electrons. The first-order valence-electron chi connectivity index (χ1n) is 7.80. The van der Waals surface area contributed by atoms with Gasteiger partial charge in [0.15, 0.2) is 5.41 Å². The van der Waals surface area contributed by atoms with Crippen molar-refractivity contribution in [3.8, 4) is 11.8 Å². The van der Waals surface area contributed by atoms with E-state index in [0.29, 0.717) is 5.56 Å². The molecule has 0 saturated heterocycles. The minimum absolute atomic E-state index is 0.0439. The first kappa shape index (κ1) is 20.9. The van der Waals surface area contributed by atoms with E-state index in [2.05, 4.69) is 11.8 Å². The Labute approximate surface area is 152 Å². The molecule has 7 nitrogen and oxygen atoms in total. The summed E-state index contributed by atoms with van der Waals surface area (Å²) < 4.78 is 9.61. The number of hydrogen-bond donors (Lipinski definition) is 0. The maximum absolute atomic E-state index is 12.3. The van der Waals surface area contributed by atoms with Crippen LogP contribution in [0.4, 0.5) is 5.69 Å². The molecule has 0 radical (unpaired) electrons. The maximum Gasteiger partial charge on any atom is 0.324 e. The molecule has 1 rings (SSSR count). The standard InChI is InChI=1S/C19H21NO6/c1-14(2)11-13-19(17(21)25-3,18(22)26-4)12-5-6-15-7-9-16(10-8-15)20(23)24/h7-11H,12-13H2,1-4H3. The largest absolute Gasteiger partial charge is 0.468 e. The molecule has 0 spiro atoms. The number of carbonyl (C=O) groups is 2. The maximum atomic E-state index is 12.3. The molecule has 0 unspecified atom stereocenters. The van der Waals surface area contributed by atoms with Gasteiger partial charge in [-0.2, -0.15) is 0 Å². The molecular formula is C19H21NO6. The van der Waals surface area contributed by atoms with Crippen LogP contribution in [0.25, 0.3) is 0 Å². The molecule has 0 saturated carbocycles. The first-order valence-corrected chi connectivity index (χ1v) is 7.80. The van der Waals surface area contributed by atoms with Crippen molar-refractivity contribution >= 4 is 17.6 Å². The zero-order valence-electron chi connectivity index (χ0n) is 15.2. The molecule has 0 aromatic heterocycles. The molecule has 0 aliphatic heterocycles. The Morgan fingerprint density at radius 2 is 1.69 bits per heavy atom. The van der Waals surface area contributed by atoms with Gasteiger partial charge in [-0.25, -0.2) is 0 Å². The van der Waals surface area contributed by atoms with Gasteiger partial charge in [0.2, 0.25) is 0 Å². The number of allylic oxidation sites excluding steroid dienone is 2. The highest BCUT2D eigenvalue weighted by molar-refractivity contribution is 6.00. The summed E-state index contributed by atoms with van der Waals surface area (Å²) >= 11 is 0. The van der Waals surface area contributed by atoms with Gasteiger partial charge in [0.1, 0.15) is 0 Å². The fourth-order valence-electron chi connectivity index (χ4n) is 2.20. The average Bonchev–Trinajstić information content (AvgIpc) is 2.63. The topological polar surface area (TPSA) is 95.7 Å². The number of nitro groups is 1. The van der Waals surface area contributed by atoms with Gasteiger partial charge in [-0.3, -0.25) is 19.7 Å². The van der Waals surface area contributed by atoms with E-state index in [0.717, 1.165) is 5.57 Å². The van der Waals surface area contributed by atoms with Crippen LogP contribution in [0.2, 0.25) is 0 Å². The van der Waals surface area contributed by atoms with Crippen LogP contribution in [0.15, 0.2) is 35.9 Å². The van der Waals surface area contributed by atoms with Crippen LogP contribution < -0.4 is 0 Å². The van der Waals surface area contributed by atoms with Crippen LogP contribution >= 0.6 is 0 Å². The summed E-state index contributed by atoms with van der Waals surface area (Å²) in [5, 5.41) is 10.7. The fraction of sp³-hybridized carbons (Fsp3) is 0.368. The van der Waals surface area contributed by atoms with E-state index in [-0.39, 0.29) is 18.5 Å². The lowest BCUT2D eigenvalue weighted by Gasteiger charge is -2.25. The van der Waals surface area contributed by atoms with Crippen LogP contribution in [-0.4, -0.2) is 31.1 Å². The highest BCUT2D eigenvalue weighted by Crippen LogP contribution is 2.31. The Hall–Kier alpha value is -3.14. The van der Waals surface area contributed by atoms with E-state index in [4.69, 9.17) is 9.47 Å². The van der Waals surface area contributed by atoms with Crippen LogP contribution in [0.3, 0.4) is 0 Å². The number of carbonyl (C=O) groups excluding carboxylic acids is 2. The van der Waals surface area contributed by atoms with E-state index in [1.165, 1.54) is 38.5 Å². The van der Waals surface area contributed by atoms with E-state index in [9.17, 15) is 19.7 Å². The second kappa shape index (κ2) is 9.37. The van der Waals surface area contributed by atoms with Crippen LogP contribution in [0.1, 0.15) is 32.3 Å². The first-order chi connectivity index (χ1) is 12.3. The van der Waals surface area contributed by atoms with Crippen molar-refractivity contribution in [2.45, 2.75) is 26.7 Å². The third-order valence-electron chi connectivity index (χ3n) is 3.71. The molecule has 1 aromatic rings. The van der Waals surface area contributed by atoms with Gasteiger partial charge in [-0.15, -0.1) is 0 Å². The van der Waals surface area contributed by atoms with Gasteiger partial charge in [-0.1, -0.05) is 23.5 Å². The van der Waals surface area contributed by atoms with Gasteiger partial charge in [0, 0.05) is 24.1 Å². The summed E-state index contributed by atoms with van der Waals surface area (Å²) in [6.07, 6.45) is 1.75. The number of rotatable bonds is 6. The fourth-order valence-corrected chi connectivity index (χ4v) is 2.20. The number of nitrogens with zero attached hydrogens (tertiary/aromatic N) is 1.